The number of amides is 2. The molecule has 1 atom stereocenters. The van der Waals surface area contributed by atoms with Gasteiger partial charge in [-0.1, -0.05) is 6.92 Å². The van der Waals surface area contributed by atoms with Gasteiger partial charge in [0.05, 0.1) is 22.1 Å². The van der Waals surface area contributed by atoms with E-state index >= 15 is 0 Å². The molecule has 0 saturated carbocycles. The zero-order chi connectivity index (χ0) is 18.6. The lowest BCUT2D eigenvalue weighted by atomic mass is 10.0. The molecule has 1 unspecified atom stereocenters. The molecule has 0 bridgehead atoms. The molecule has 6 nitrogen and oxygen atoms in total. The monoisotopic (exact) mass is 390 g/mol. The molecule has 2 aliphatic heterocycles. The van der Waals surface area contributed by atoms with Gasteiger partial charge in [-0.2, -0.15) is 4.31 Å². The molecule has 136 valence electrons. The summed E-state index contributed by atoms with van der Waals surface area (Å²) in [5.74, 6) is -0.867. The van der Waals surface area contributed by atoms with E-state index < -0.39 is 21.8 Å². The Hall–Kier alpha value is -2.03. The number of fused-ring (bicyclic) bond motifs is 2. The molecule has 1 aromatic heterocycles. The summed E-state index contributed by atoms with van der Waals surface area (Å²) >= 11 is 1.66. The number of rotatable bonds is 3. The molecule has 2 aliphatic rings. The first-order valence-corrected chi connectivity index (χ1v) is 10.7. The van der Waals surface area contributed by atoms with Crippen LogP contribution in [-0.4, -0.2) is 43.0 Å². The van der Waals surface area contributed by atoms with Crippen LogP contribution in [0.5, 0.6) is 0 Å². The second-order valence-corrected chi connectivity index (χ2v) is 9.36. The first-order chi connectivity index (χ1) is 12.4. The van der Waals surface area contributed by atoms with E-state index in [1.54, 1.807) is 11.3 Å². The second kappa shape index (κ2) is 6.00. The van der Waals surface area contributed by atoms with Gasteiger partial charge in [-0.15, -0.1) is 11.3 Å². The Morgan fingerprint density at radius 1 is 1.15 bits per heavy atom. The summed E-state index contributed by atoms with van der Waals surface area (Å²) in [6.07, 6.45) is 1.36. The Morgan fingerprint density at radius 3 is 2.62 bits per heavy atom. The van der Waals surface area contributed by atoms with Crippen LogP contribution in [0, 0.1) is 0 Å². The summed E-state index contributed by atoms with van der Waals surface area (Å²) in [5, 5.41) is 2.00. The van der Waals surface area contributed by atoms with Gasteiger partial charge in [0.15, 0.2) is 0 Å². The highest BCUT2D eigenvalue weighted by molar-refractivity contribution is 7.89. The highest BCUT2D eigenvalue weighted by Crippen LogP contribution is 2.39. The van der Waals surface area contributed by atoms with Gasteiger partial charge in [0.2, 0.25) is 10.0 Å². The Bertz CT molecular complexity index is 1030. The van der Waals surface area contributed by atoms with Gasteiger partial charge in [0, 0.05) is 18.5 Å². The van der Waals surface area contributed by atoms with Crippen molar-refractivity contribution in [2.75, 3.05) is 13.6 Å². The summed E-state index contributed by atoms with van der Waals surface area (Å²) in [7, 11) is -2.37. The number of carbonyl (C=O) groups is 2. The van der Waals surface area contributed by atoms with E-state index in [9.17, 15) is 18.0 Å². The molecule has 1 aromatic carbocycles. The molecule has 0 aliphatic carbocycles. The maximum absolute atomic E-state index is 13.3. The predicted octanol–water partition coefficient (Wildman–Crippen LogP) is 2.67. The average molecular weight is 390 g/mol. The fourth-order valence-corrected chi connectivity index (χ4v) is 6.36. The first-order valence-electron chi connectivity index (χ1n) is 8.40. The molecule has 26 heavy (non-hydrogen) atoms. The van der Waals surface area contributed by atoms with E-state index in [0.29, 0.717) is 19.4 Å². The van der Waals surface area contributed by atoms with E-state index in [4.69, 9.17) is 0 Å². The van der Waals surface area contributed by atoms with Crippen LogP contribution in [0.15, 0.2) is 34.5 Å². The number of imide groups is 1. The van der Waals surface area contributed by atoms with Gasteiger partial charge >= 0.3 is 0 Å². The molecule has 2 aromatic rings. The average Bonchev–Trinajstić information content (AvgIpc) is 3.20. The van der Waals surface area contributed by atoms with Gasteiger partial charge in [0.25, 0.3) is 11.8 Å². The molecule has 0 spiro atoms. The van der Waals surface area contributed by atoms with Crippen LogP contribution in [0.2, 0.25) is 0 Å². The van der Waals surface area contributed by atoms with Gasteiger partial charge in [0.1, 0.15) is 0 Å². The van der Waals surface area contributed by atoms with Crippen LogP contribution in [0.25, 0.3) is 0 Å². The molecule has 3 heterocycles. The lowest BCUT2D eigenvalue weighted by Gasteiger charge is -2.34. The highest BCUT2D eigenvalue weighted by Gasteiger charge is 2.38. The molecule has 0 fully saturated rings. The summed E-state index contributed by atoms with van der Waals surface area (Å²) in [5.41, 5.74) is 1.47. The number of sulfonamides is 1. The van der Waals surface area contributed by atoms with Crippen molar-refractivity contribution in [3.05, 3.63) is 51.2 Å². The van der Waals surface area contributed by atoms with Gasteiger partial charge in [-0.25, -0.2) is 8.42 Å². The summed E-state index contributed by atoms with van der Waals surface area (Å²) in [4.78, 5) is 26.5. The fraction of sp³-hybridized carbons (Fsp3) is 0.333. The van der Waals surface area contributed by atoms with Crippen molar-refractivity contribution in [2.24, 2.45) is 0 Å². The Balaban J connectivity index is 1.77. The van der Waals surface area contributed by atoms with Gasteiger partial charge in [-0.3, -0.25) is 14.5 Å². The summed E-state index contributed by atoms with van der Waals surface area (Å²) in [6.45, 7) is 2.39. The van der Waals surface area contributed by atoms with Crippen molar-refractivity contribution in [2.45, 2.75) is 30.7 Å². The molecule has 0 N–H and O–H groups in total. The first kappa shape index (κ1) is 17.4. The third-order valence-corrected chi connectivity index (χ3v) is 8.00. The minimum Gasteiger partial charge on any atom is -0.277 e. The molecular formula is C18H18N2O4S2. The Labute approximate surface area is 156 Å². The minimum atomic E-state index is -3.77. The number of nitrogens with zero attached hydrogens (tertiary/aromatic N) is 2. The second-order valence-electron chi connectivity index (χ2n) is 6.47. The van der Waals surface area contributed by atoms with Crippen molar-refractivity contribution >= 4 is 33.2 Å². The lowest BCUT2D eigenvalue weighted by Crippen LogP contribution is -2.39. The highest BCUT2D eigenvalue weighted by atomic mass is 32.2. The van der Waals surface area contributed by atoms with E-state index in [2.05, 4.69) is 0 Å². The zero-order valence-electron chi connectivity index (χ0n) is 14.4. The standard InChI is InChI=1S/C18H18N2O4S2/c1-3-15-13-7-9-25-16(13)6-8-20(15)26(23,24)11-4-5-12-14(10-11)18(22)19(2)17(12)21/h4-5,7,9-10,15H,3,6,8H2,1-2H3. The smallest absolute Gasteiger partial charge is 0.261 e. The van der Waals surface area contributed by atoms with Crippen LogP contribution in [0.4, 0.5) is 0 Å². The minimum absolute atomic E-state index is 0.0600. The predicted molar refractivity (Wildman–Crippen MR) is 97.8 cm³/mol. The number of hydrogen-bond donors (Lipinski definition) is 0. The molecule has 2 amide bonds. The fourth-order valence-electron chi connectivity index (χ4n) is 3.72. The number of benzene rings is 1. The van der Waals surface area contributed by atoms with Crippen LogP contribution < -0.4 is 0 Å². The molecule has 0 saturated heterocycles. The Morgan fingerprint density at radius 2 is 1.88 bits per heavy atom. The van der Waals surface area contributed by atoms with Gasteiger partial charge < -0.3 is 0 Å². The Kier molecular flexibility index (Phi) is 4.02. The SMILES string of the molecule is CCC1c2ccsc2CCN1S(=O)(=O)c1ccc2c(c1)C(=O)N(C)C2=O. The normalized spacial score (nSPS) is 20.4. The van der Waals surface area contributed by atoms with E-state index in [0.717, 1.165) is 10.5 Å². The van der Waals surface area contributed by atoms with E-state index in [1.165, 1.54) is 34.4 Å². The topological polar surface area (TPSA) is 74.8 Å². The third kappa shape index (κ3) is 2.36. The van der Waals surface area contributed by atoms with E-state index in [1.807, 2.05) is 18.4 Å². The van der Waals surface area contributed by atoms with Crippen LogP contribution in [0.3, 0.4) is 0 Å². The van der Waals surface area contributed by atoms with Crippen LogP contribution >= 0.6 is 11.3 Å². The van der Waals surface area contributed by atoms with Crippen LogP contribution in [0.1, 0.15) is 50.5 Å². The quantitative estimate of drug-likeness (QED) is 0.755. The summed E-state index contributed by atoms with van der Waals surface area (Å²) < 4.78 is 28.1. The van der Waals surface area contributed by atoms with Crippen molar-refractivity contribution in [3.63, 3.8) is 0 Å². The maximum atomic E-state index is 13.3. The largest absolute Gasteiger partial charge is 0.277 e. The molecule has 8 heteroatoms. The maximum Gasteiger partial charge on any atom is 0.261 e. The molecule has 4 rings (SSSR count). The lowest BCUT2D eigenvalue weighted by molar-refractivity contribution is 0.0693. The third-order valence-electron chi connectivity index (χ3n) is 5.10. The number of thiophene rings is 1. The van der Waals surface area contributed by atoms with Crippen molar-refractivity contribution in [3.8, 4) is 0 Å². The van der Waals surface area contributed by atoms with Crippen LogP contribution in [-0.2, 0) is 16.4 Å². The van der Waals surface area contributed by atoms with E-state index in [-0.39, 0.29) is 22.1 Å². The molecular weight excluding hydrogens is 372 g/mol. The number of hydrogen-bond acceptors (Lipinski definition) is 5. The van der Waals surface area contributed by atoms with Crippen molar-refractivity contribution in [1.29, 1.82) is 0 Å². The van der Waals surface area contributed by atoms with Crippen molar-refractivity contribution < 1.29 is 18.0 Å². The molecule has 0 radical (unpaired) electrons. The van der Waals surface area contributed by atoms with Gasteiger partial charge in [-0.05, 0) is 48.1 Å². The zero-order valence-corrected chi connectivity index (χ0v) is 16.1. The van der Waals surface area contributed by atoms with Crippen molar-refractivity contribution in [1.82, 2.24) is 9.21 Å². The number of carbonyl (C=O) groups excluding carboxylic acids is 2. The summed E-state index contributed by atoms with van der Waals surface area (Å²) in [6, 6.07) is 5.99.